The maximum absolute atomic E-state index is 11.7. The Morgan fingerprint density at radius 3 is 2.65 bits per heavy atom. The lowest BCUT2D eigenvalue weighted by molar-refractivity contribution is 0.0972. The summed E-state index contributed by atoms with van der Waals surface area (Å²) in [7, 11) is 0. The van der Waals surface area contributed by atoms with Gasteiger partial charge in [0, 0.05) is 29.9 Å². The number of carbonyl (C=O) groups excluding carboxylic acids is 1. The van der Waals surface area contributed by atoms with Crippen molar-refractivity contribution < 1.29 is 4.79 Å². The predicted molar refractivity (Wildman–Crippen MR) is 64.7 cm³/mol. The van der Waals surface area contributed by atoms with Crippen molar-refractivity contribution in [3.63, 3.8) is 0 Å². The van der Waals surface area contributed by atoms with Crippen LogP contribution >= 0.6 is 0 Å². The molecule has 0 atom stereocenters. The molecule has 0 unspecified atom stereocenters. The van der Waals surface area contributed by atoms with Crippen LogP contribution in [0.3, 0.4) is 0 Å². The van der Waals surface area contributed by atoms with Crippen molar-refractivity contribution in [3.8, 4) is 11.1 Å². The fraction of sp³-hybridized carbons (Fsp3) is 0.214. The van der Waals surface area contributed by atoms with Gasteiger partial charge in [0.15, 0.2) is 5.78 Å². The van der Waals surface area contributed by atoms with Crippen LogP contribution < -0.4 is 0 Å². The van der Waals surface area contributed by atoms with Gasteiger partial charge in [0.25, 0.3) is 0 Å². The zero-order valence-electron chi connectivity index (χ0n) is 9.39. The van der Waals surface area contributed by atoms with E-state index in [4.69, 9.17) is 0 Å². The molecule has 0 radical (unpaired) electrons. The Hall–Kier alpha value is -2.03. The molecule has 1 aliphatic carbocycles. The molecule has 84 valence electrons. The maximum atomic E-state index is 11.7. The Balaban J connectivity index is 2.07. The van der Waals surface area contributed by atoms with Gasteiger partial charge in [-0.15, -0.1) is 0 Å². The van der Waals surface area contributed by atoms with E-state index in [1.807, 2.05) is 12.1 Å². The molecule has 0 fully saturated rings. The molecule has 1 heterocycles. The van der Waals surface area contributed by atoms with Crippen molar-refractivity contribution in [2.75, 3.05) is 0 Å². The summed E-state index contributed by atoms with van der Waals surface area (Å²) in [4.78, 5) is 19.7. The quantitative estimate of drug-likeness (QED) is 0.747. The number of carbonyl (C=O) groups is 1. The van der Waals surface area contributed by atoms with E-state index < -0.39 is 0 Å². The number of aromatic nitrogens is 2. The highest BCUT2D eigenvalue weighted by Gasteiger charge is 2.17. The van der Waals surface area contributed by atoms with Crippen molar-refractivity contribution in [2.24, 2.45) is 0 Å². The number of aryl methyl sites for hydroxylation is 1. The van der Waals surface area contributed by atoms with Crippen LogP contribution in [0.2, 0.25) is 0 Å². The van der Waals surface area contributed by atoms with Gasteiger partial charge >= 0.3 is 0 Å². The van der Waals surface area contributed by atoms with Crippen molar-refractivity contribution in [2.45, 2.75) is 19.3 Å². The minimum absolute atomic E-state index is 0.266. The Labute approximate surface area is 99.5 Å². The third kappa shape index (κ3) is 1.84. The summed E-state index contributed by atoms with van der Waals surface area (Å²) in [5.41, 5.74) is 4.12. The summed E-state index contributed by atoms with van der Waals surface area (Å²) in [5, 5.41) is 0. The molecule has 0 spiro atoms. The molecule has 0 saturated carbocycles. The first-order chi connectivity index (χ1) is 8.34. The van der Waals surface area contributed by atoms with Crippen LogP contribution in [-0.4, -0.2) is 15.8 Å². The number of Topliss-reactive ketones (excluding diaryl/α,β-unsaturated/α-hetero) is 1. The third-order valence-corrected chi connectivity index (χ3v) is 3.15. The Kier molecular flexibility index (Phi) is 2.44. The molecule has 0 N–H and O–H groups in total. The molecular weight excluding hydrogens is 212 g/mol. The predicted octanol–water partition coefficient (Wildman–Crippen LogP) is 2.66. The topological polar surface area (TPSA) is 42.9 Å². The minimum Gasteiger partial charge on any atom is -0.294 e. The second-order valence-electron chi connectivity index (χ2n) is 4.28. The van der Waals surface area contributed by atoms with Crippen molar-refractivity contribution in [1.29, 1.82) is 0 Å². The van der Waals surface area contributed by atoms with E-state index >= 15 is 0 Å². The van der Waals surface area contributed by atoms with Gasteiger partial charge in [0.2, 0.25) is 0 Å². The van der Waals surface area contributed by atoms with Crippen LogP contribution in [0.5, 0.6) is 0 Å². The number of benzene rings is 1. The lowest BCUT2D eigenvalue weighted by Gasteiger charge is -2.15. The van der Waals surface area contributed by atoms with E-state index in [2.05, 4.69) is 16.0 Å². The number of rotatable bonds is 1. The van der Waals surface area contributed by atoms with E-state index in [0.717, 1.165) is 35.1 Å². The summed E-state index contributed by atoms with van der Waals surface area (Å²) in [6, 6.07) is 5.99. The summed E-state index contributed by atoms with van der Waals surface area (Å²) >= 11 is 0. The molecule has 1 aliphatic rings. The van der Waals surface area contributed by atoms with Crippen LogP contribution in [-0.2, 0) is 6.42 Å². The van der Waals surface area contributed by atoms with E-state index in [1.165, 1.54) is 6.33 Å². The summed E-state index contributed by atoms with van der Waals surface area (Å²) in [5.74, 6) is 0.266. The second-order valence-corrected chi connectivity index (χ2v) is 4.28. The first-order valence-corrected chi connectivity index (χ1v) is 5.76. The summed E-state index contributed by atoms with van der Waals surface area (Å²) in [6.45, 7) is 0. The maximum Gasteiger partial charge on any atom is 0.163 e. The van der Waals surface area contributed by atoms with Crippen LogP contribution in [0.25, 0.3) is 11.1 Å². The van der Waals surface area contributed by atoms with E-state index in [1.54, 1.807) is 12.4 Å². The minimum atomic E-state index is 0.266. The summed E-state index contributed by atoms with van der Waals surface area (Å²) in [6.07, 6.45) is 7.73. The van der Waals surface area contributed by atoms with Crippen molar-refractivity contribution in [3.05, 3.63) is 48.0 Å². The molecule has 0 aliphatic heterocycles. The SMILES string of the molecule is O=C1CCCc2cc(-c3cncnc3)ccc21. The largest absolute Gasteiger partial charge is 0.294 e. The molecule has 0 saturated heterocycles. The average molecular weight is 224 g/mol. The zero-order chi connectivity index (χ0) is 11.7. The van der Waals surface area contributed by atoms with E-state index in [0.29, 0.717) is 6.42 Å². The Morgan fingerprint density at radius 1 is 1.00 bits per heavy atom. The molecule has 3 heteroatoms. The van der Waals surface area contributed by atoms with Gasteiger partial charge in [-0.2, -0.15) is 0 Å². The molecule has 0 amide bonds. The van der Waals surface area contributed by atoms with Gasteiger partial charge in [-0.1, -0.05) is 18.2 Å². The number of ketones is 1. The lowest BCUT2D eigenvalue weighted by Crippen LogP contribution is -2.10. The lowest BCUT2D eigenvalue weighted by atomic mass is 9.88. The van der Waals surface area contributed by atoms with Crippen molar-refractivity contribution in [1.82, 2.24) is 9.97 Å². The average Bonchev–Trinajstić information content (AvgIpc) is 2.40. The standard InChI is InChI=1S/C14H12N2O/c17-14-3-1-2-11-6-10(4-5-13(11)14)12-7-15-9-16-8-12/h4-9H,1-3H2. The molecule has 3 rings (SSSR count). The van der Waals surface area contributed by atoms with Crippen molar-refractivity contribution >= 4 is 5.78 Å². The first-order valence-electron chi connectivity index (χ1n) is 5.76. The fourth-order valence-electron chi connectivity index (χ4n) is 2.27. The van der Waals surface area contributed by atoms with E-state index in [9.17, 15) is 4.79 Å². The molecule has 17 heavy (non-hydrogen) atoms. The second kappa shape index (κ2) is 4.09. The van der Waals surface area contributed by atoms with Crippen LogP contribution in [0, 0.1) is 0 Å². The van der Waals surface area contributed by atoms with Gasteiger partial charge in [0.1, 0.15) is 6.33 Å². The molecule has 1 aromatic carbocycles. The first kappa shape index (κ1) is 10.1. The van der Waals surface area contributed by atoms with Gasteiger partial charge in [-0.25, -0.2) is 9.97 Å². The Morgan fingerprint density at radius 2 is 1.82 bits per heavy atom. The van der Waals surface area contributed by atoms with Gasteiger partial charge < -0.3 is 0 Å². The number of nitrogens with zero attached hydrogens (tertiary/aromatic N) is 2. The number of hydrogen-bond donors (Lipinski definition) is 0. The highest BCUT2D eigenvalue weighted by molar-refractivity contribution is 5.99. The smallest absolute Gasteiger partial charge is 0.163 e. The molecule has 1 aromatic heterocycles. The molecule has 0 bridgehead atoms. The molecular formula is C14H12N2O. The van der Waals surface area contributed by atoms with Gasteiger partial charge in [0.05, 0.1) is 0 Å². The fourth-order valence-corrected chi connectivity index (χ4v) is 2.27. The van der Waals surface area contributed by atoms with Crippen LogP contribution in [0.1, 0.15) is 28.8 Å². The monoisotopic (exact) mass is 224 g/mol. The highest BCUT2D eigenvalue weighted by Crippen LogP contribution is 2.26. The Bertz CT molecular complexity index is 564. The van der Waals surface area contributed by atoms with Crippen LogP contribution in [0.4, 0.5) is 0 Å². The van der Waals surface area contributed by atoms with E-state index in [-0.39, 0.29) is 5.78 Å². The normalized spacial score (nSPS) is 14.5. The van der Waals surface area contributed by atoms with Gasteiger partial charge in [-0.05, 0) is 24.0 Å². The zero-order valence-corrected chi connectivity index (χ0v) is 9.39. The summed E-state index contributed by atoms with van der Waals surface area (Å²) < 4.78 is 0. The third-order valence-electron chi connectivity index (χ3n) is 3.15. The number of hydrogen-bond acceptors (Lipinski definition) is 3. The number of fused-ring (bicyclic) bond motifs is 1. The highest BCUT2D eigenvalue weighted by atomic mass is 16.1. The van der Waals surface area contributed by atoms with Crippen LogP contribution in [0.15, 0.2) is 36.9 Å². The molecule has 3 nitrogen and oxygen atoms in total. The van der Waals surface area contributed by atoms with Gasteiger partial charge in [-0.3, -0.25) is 4.79 Å². The molecule has 2 aromatic rings.